The van der Waals surface area contributed by atoms with Crippen LogP contribution < -0.4 is 28.5 Å². The summed E-state index contributed by atoms with van der Waals surface area (Å²) in [5.74, 6) is 0. The number of aromatic amines is 1. The zero-order valence-corrected chi connectivity index (χ0v) is 10.4. The van der Waals surface area contributed by atoms with Crippen LogP contribution in [0.3, 0.4) is 0 Å². The summed E-state index contributed by atoms with van der Waals surface area (Å²) in [6.07, 6.45) is 0. The van der Waals surface area contributed by atoms with Crippen molar-refractivity contribution in [3.8, 4) is 0 Å². The highest BCUT2D eigenvalue weighted by atomic mass is 127. The first kappa shape index (κ1) is 11.9. The molecule has 1 heterocycles. The Kier molecular flexibility index (Phi) is 3.71. The Hall–Kier alpha value is -0.100. The zero-order valence-electron chi connectivity index (χ0n) is 8.27. The van der Waals surface area contributed by atoms with Crippen molar-refractivity contribution in [2.24, 2.45) is 0 Å². The number of hydrogen-bond acceptors (Lipinski definition) is 1. The van der Waals surface area contributed by atoms with E-state index in [0.29, 0.717) is 0 Å². The standard InChI is InChI=1S/C8H16N3.HI/c1-6-8(11(3,4)5)7(2)10-9-6;/h1-5H3,(H,9,10);1H/q+1;/p-1. The van der Waals surface area contributed by atoms with Crippen LogP contribution in [0.15, 0.2) is 0 Å². The SMILES string of the molecule is Cc1n[nH]c(C)c1[N+](C)(C)C.[I-]. The summed E-state index contributed by atoms with van der Waals surface area (Å²) in [4.78, 5) is 0. The first-order chi connectivity index (χ1) is 4.93. The number of nitrogens with zero attached hydrogens (tertiary/aromatic N) is 2. The van der Waals surface area contributed by atoms with Gasteiger partial charge in [-0.1, -0.05) is 0 Å². The maximum absolute atomic E-state index is 4.14. The van der Waals surface area contributed by atoms with Crippen molar-refractivity contribution >= 4 is 5.69 Å². The van der Waals surface area contributed by atoms with Crippen LogP contribution in [0.2, 0.25) is 0 Å². The molecule has 0 unspecified atom stereocenters. The average molecular weight is 281 g/mol. The predicted octanol–water partition coefficient (Wildman–Crippen LogP) is -1.77. The Morgan fingerprint density at radius 3 is 1.83 bits per heavy atom. The number of hydrogen-bond donors (Lipinski definition) is 1. The maximum Gasteiger partial charge on any atom is 0.176 e. The molecule has 4 heteroatoms. The molecule has 70 valence electrons. The second-order valence-corrected chi connectivity index (χ2v) is 3.80. The van der Waals surface area contributed by atoms with E-state index in [1.165, 1.54) is 5.69 Å². The van der Waals surface area contributed by atoms with Gasteiger partial charge in [0.1, 0.15) is 5.69 Å². The fourth-order valence-electron chi connectivity index (χ4n) is 1.53. The van der Waals surface area contributed by atoms with Crippen LogP contribution in [0.1, 0.15) is 11.4 Å². The Morgan fingerprint density at radius 2 is 1.67 bits per heavy atom. The topological polar surface area (TPSA) is 28.7 Å². The third kappa shape index (κ3) is 2.20. The number of quaternary nitrogens is 1. The Bertz CT molecular complexity index is 240. The Balaban J connectivity index is 0.00000121. The molecule has 0 aliphatic carbocycles. The van der Waals surface area contributed by atoms with Crippen LogP contribution >= 0.6 is 0 Å². The van der Waals surface area contributed by atoms with Gasteiger partial charge in [0.25, 0.3) is 0 Å². The molecule has 0 saturated heterocycles. The van der Waals surface area contributed by atoms with Crippen LogP contribution in [-0.2, 0) is 0 Å². The number of halogens is 1. The molecule has 3 nitrogen and oxygen atoms in total. The number of nitrogens with one attached hydrogen (secondary N) is 1. The van der Waals surface area contributed by atoms with Gasteiger partial charge in [0.15, 0.2) is 5.69 Å². The monoisotopic (exact) mass is 281 g/mol. The lowest BCUT2D eigenvalue weighted by atomic mass is 10.3. The molecule has 0 aromatic carbocycles. The van der Waals surface area contributed by atoms with E-state index in [-0.39, 0.29) is 24.0 Å². The molecule has 1 N–H and O–H groups in total. The van der Waals surface area contributed by atoms with Gasteiger partial charge in [-0.3, -0.25) is 9.58 Å². The van der Waals surface area contributed by atoms with Crippen LogP contribution in [0.5, 0.6) is 0 Å². The van der Waals surface area contributed by atoms with Crippen molar-refractivity contribution in [2.75, 3.05) is 21.1 Å². The first-order valence-corrected chi connectivity index (χ1v) is 3.76. The number of aromatic nitrogens is 2. The summed E-state index contributed by atoms with van der Waals surface area (Å²) >= 11 is 0. The molecule has 0 fully saturated rings. The molecule has 12 heavy (non-hydrogen) atoms. The van der Waals surface area contributed by atoms with Crippen molar-refractivity contribution in [3.63, 3.8) is 0 Å². The molecular weight excluding hydrogens is 265 g/mol. The summed E-state index contributed by atoms with van der Waals surface area (Å²) in [5.41, 5.74) is 3.54. The largest absolute Gasteiger partial charge is 1.00 e. The van der Waals surface area contributed by atoms with Gasteiger partial charge >= 0.3 is 0 Å². The molecule has 1 aromatic rings. The molecule has 0 spiro atoms. The summed E-state index contributed by atoms with van der Waals surface area (Å²) < 4.78 is 0.828. The highest BCUT2D eigenvalue weighted by Gasteiger charge is 2.20. The smallest absolute Gasteiger partial charge is 0.176 e. The quantitative estimate of drug-likeness (QED) is 0.479. The van der Waals surface area contributed by atoms with Gasteiger partial charge in [-0.25, -0.2) is 0 Å². The number of H-pyrrole nitrogens is 1. The van der Waals surface area contributed by atoms with E-state index >= 15 is 0 Å². The molecule has 0 aliphatic heterocycles. The van der Waals surface area contributed by atoms with Crippen LogP contribution in [0.4, 0.5) is 5.69 Å². The minimum absolute atomic E-state index is 0. The van der Waals surface area contributed by atoms with Gasteiger partial charge in [0.2, 0.25) is 0 Å². The molecule has 0 radical (unpaired) electrons. The molecular formula is C8H16IN3. The zero-order chi connectivity index (χ0) is 8.65. The first-order valence-electron chi connectivity index (χ1n) is 3.76. The summed E-state index contributed by atoms with van der Waals surface area (Å²) in [6.45, 7) is 4.08. The molecule has 0 saturated carbocycles. The molecule has 1 aromatic heterocycles. The fourth-order valence-corrected chi connectivity index (χ4v) is 1.53. The van der Waals surface area contributed by atoms with Crippen LogP contribution in [0, 0.1) is 13.8 Å². The average Bonchev–Trinajstić information content (AvgIpc) is 2.08. The van der Waals surface area contributed by atoms with E-state index in [1.807, 2.05) is 6.92 Å². The van der Waals surface area contributed by atoms with Crippen molar-refractivity contribution in [1.29, 1.82) is 0 Å². The third-order valence-electron chi connectivity index (χ3n) is 1.76. The second kappa shape index (κ2) is 3.74. The summed E-state index contributed by atoms with van der Waals surface area (Å²) in [6, 6.07) is 0. The molecule has 1 rings (SSSR count). The van der Waals surface area contributed by atoms with Crippen LogP contribution in [0.25, 0.3) is 0 Å². The minimum Gasteiger partial charge on any atom is -1.00 e. The normalized spacial score (nSPS) is 11.1. The Morgan fingerprint density at radius 1 is 1.17 bits per heavy atom. The highest BCUT2D eigenvalue weighted by molar-refractivity contribution is 5.49. The highest BCUT2D eigenvalue weighted by Crippen LogP contribution is 2.23. The molecule has 0 bridgehead atoms. The van der Waals surface area contributed by atoms with E-state index in [2.05, 4.69) is 38.3 Å². The van der Waals surface area contributed by atoms with E-state index in [4.69, 9.17) is 0 Å². The van der Waals surface area contributed by atoms with Gasteiger partial charge in [-0.05, 0) is 13.8 Å². The van der Waals surface area contributed by atoms with Gasteiger partial charge in [0.05, 0.1) is 26.8 Å². The van der Waals surface area contributed by atoms with Crippen molar-refractivity contribution in [3.05, 3.63) is 11.4 Å². The molecule has 0 amide bonds. The lowest BCUT2D eigenvalue weighted by Gasteiger charge is -2.23. The Labute approximate surface area is 90.8 Å². The molecule has 0 aliphatic rings. The van der Waals surface area contributed by atoms with Gasteiger partial charge < -0.3 is 24.0 Å². The lowest BCUT2D eigenvalue weighted by molar-refractivity contribution is -0.00000294. The van der Waals surface area contributed by atoms with E-state index in [0.717, 1.165) is 15.9 Å². The number of rotatable bonds is 1. The van der Waals surface area contributed by atoms with Crippen molar-refractivity contribution in [1.82, 2.24) is 14.7 Å². The summed E-state index contributed by atoms with van der Waals surface area (Å²) in [7, 11) is 6.43. The minimum atomic E-state index is 0. The lowest BCUT2D eigenvalue weighted by Crippen LogP contribution is -3.00. The van der Waals surface area contributed by atoms with Crippen molar-refractivity contribution in [2.45, 2.75) is 13.8 Å². The van der Waals surface area contributed by atoms with Gasteiger partial charge in [-0.2, -0.15) is 5.10 Å². The van der Waals surface area contributed by atoms with Gasteiger partial charge in [-0.15, -0.1) is 0 Å². The second-order valence-electron chi connectivity index (χ2n) is 3.80. The van der Waals surface area contributed by atoms with E-state index in [1.54, 1.807) is 0 Å². The maximum atomic E-state index is 4.14. The van der Waals surface area contributed by atoms with Crippen molar-refractivity contribution < 1.29 is 24.0 Å². The summed E-state index contributed by atoms with van der Waals surface area (Å²) in [5, 5.41) is 7.12. The third-order valence-corrected chi connectivity index (χ3v) is 1.76. The molecule has 0 atom stereocenters. The van der Waals surface area contributed by atoms with E-state index in [9.17, 15) is 0 Å². The predicted molar refractivity (Wildman–Crippen MR) is 47.6 cm³/mol. The van der Waals surface area contributed by atoms with E-state index < -0.39 is 0 Å². The fraction of sp³-hybridized carbons (Fsp3) is 0.625. The van der Waals surface area contributed by atoms with Crippen LogP contribution in [-0.4, -0.2) is 31.3 Å². The van der Waals surface area contributed by atoms with Gasteiger partial charge in [0, 0.05) is 0 Å². The number of aryl methyl sites for hydroxylation is 2.